The van der Waals surface area contributed by atoms with Crippen molar-refractivity contribution >= 4 is 26.9 Å². The molecule has 0 fully saturated rings. The summed E-state index contributed by atoms with van der Waals surface area (Å²) >= 11 is 0. The van der Waals surface area contributed by atoms with Crippen LogP contribution in [-0.2, 0) is 20.1 Å². The van der Waals surface area contributed by atoms with Crippen LogP contribution >= 0.6 is 0 Å². The van der Waals surface area contributed by atoms with Gasteiger partial charge in [-0.1, -0.05) is 58.8 Å². The standard InChI is InChI=1S/C26H23N3O4S/c1-25(2)19-9-5-6-10-21(19)29(3)26(25)15-20(28-33-26)16-12-13-18-23(14-16)34(31,32)22-11-7-4-8-17(22)24(18)27-30/h4-14,30H,15H2,1-3H3/b27-24+. The number of para-hydroxylation sites is 1. The van der Waals surface area contributed by atoms with Crippen molar-refractivity contribution in [3.8, 4) is 0 Å². The maximum atomic E-state index is 13.5. The molecule has 0 bridgehead atoms. The predicted molar refractivity (Wildman–Crippen MR) is 129 cm³/mol. The molecule has 3 aromatic rings. The van der Waals surface area contributed by atoms with Crippen LogP contribution in [-0.4, -0.2) is 37.8 Å². The zero-order chi connectivity index (χ0) is 23.9. The fourth-order valence-corrected chi connectivity index (χ4v) is 7.28. The highest BCUT2D eigenvalue weighted by atomic mass is 32.2. The third kappa shape index (κ3) is 2.43. The van der Waals surface area contributed by atoms with Crippen LogP contribution in [0.15, 0.2) is 86.8 Å². The summed E-state index contributed by atoms with van der Waals surface area (Å²) in [5.41, 5.74) is 3.54. The van der Waals surface area contributed by atoms with Crippen molar-refractivity contribution in [2.45, 2.75) is 41.2 Å². The fourth-order valence-electron chi connectivity index (χ4n) is 5.60. The molecule has 1 N–H and O–H groups in total. The van der Waals surface area contributed by atoms with Crippen molar-refractivity contribution in [1.82, 2.24) is 0 Å². The molecule has 34 heavy (non-hydrogen) atoms. The lowest BCUT2D eigenvalue weighted by Gasteiger charge is -2.40. The quantitative estimate of drug-likeness (QED) is 0.329. The molecule has 0 amide bonds. The highest BCUT2D eigenvalue weighted by Crippen LogP contribution is 2.55. The van der Waals surface area contributed by atoms with Gasteiger partial charge in [0.05, 0.1) is 27.3 Å². The van der Waals surface area contributed by atoms with Gasteiger partial charge in [-0.2, -0.15) is 0 Å². The number of sulfone groups is 1. The number of benzene rings is 3. The van der Waals surface area contributed by atoms with Gasteiger partial charge in [0.1, 0.15) is 5.71 Å². The molecule has 0 aromatic heterocycles. The highest BCUT2D eigenvalue weighted by molar-refractivity contribution is 7.91. The summed E-state index contributed by atoms with van der Waals surface area (Å²) in [5.74, 6) is 0. The van der Waals surface area contributed by atoms with Crippen LogP contribution in [0.1, 0.15) is 42.5 Å². The van der Waals surface area contributed by atoms with E-state index in [0.717, 1.165) is 5.69 Å². The third-order valence-corrected chi connectivity index (χ3v) is 9.41. The number of hydrogen-bond acceptors (Lipinski definition) is 7. The van der Waals surface area contributed by atoms with E-state index in [0.29, 0.717) is 28.8 Å². The number of rotatable bonds is 1. The van der Waals surface area contributed by atoms with Gasteiger partial charge in [-0.05, 0) is 37.6 Å². The zero-order valence-corrected chi connectivity index (χ0v) is 19.8. The molecule has 0 radical (unpaired) electrons. The van der Waals surface area contributed by atoms with Crippen LogP contribution in [0, 0.1) is 0 Å². The number of hydrogen-bond donors (Lipinski definition) is 1. The van der Waals surface area contributed by atoms with Gasteiger partial charge < -0.3 is 14.9 Å². The molecule has 0 saturated carbocycles. The fraction of sp³-hybridized carbons (Fsp3) is 0.231. The van der Waals surface area contributed by atoms with Gasteiger partial charge in [0, 0.05) is 29.4 Å². The third-order valence-electron chi connectivity index (χ3n) is 7.56. The maximum Gasteiger partial charge on any atom is 0.224 e. The monoisotopic (exact) mass is 473 g/mol. The first kappa shape index (κ1) is 20.9. The van der Waals surface area contributed by atoms with E-state index >= 15 is 0 Å². The van der Waals surface area contributed by atoms with Crippen LogP contribution < -0.4 is 4.90 Å². The average molecular weight is 474 g/mol. The molecule has 3 aliphatic rings. The smallest absolute Gasteiger partial charge is 0.224 e. The van der Waals surface area contributed by atoms with Gasteiger partial charge in [0.2, 0.25) is 15.6 Å². The van der Waals surface area contributed by atoms with E-state index in [1.54, 1.807) is 30.3 Å². The number of oxime groups is 2. The van der Waals surface area contributed by atoms with Crippen LogP contribution in [0.4, 0.5) is 5.69 Å². The first-order valence-electron chi connectivity index (χ1n) is 11.0. The van der Waals surface area contributed by atoms with E-state index in [2.05, 4.69) is 41.2 Å². The average Bonchev–Trinajstić information content (AvgIpc) is 3.37. The van der Waals surface area contributed by atoms with Gasteiger partial charge in [0.15, 0.2) is 0 Å². The van der Waals surface area contributed by atoms with E-state index in [4.69, 9.17) is 4.84 Å². The van der Waals surface area contributed by atoms with E-state index in [-0.39, 0.29) is 20.9 Å². The number of likely N-dealkylation sites (N-methyl/N-ethyl adjacent to an activating group) is 1. The molecule has 1 unspecified atom stereocenters. The van der Waals surface area contributed by atoms with Crippen molar-refractivity contribution < 1.29 is 18.5 Å². The molecule has 3 heterocycles. The minimum absolute atomic E-state index is 0.0995. The Bertz CT molecular complexity index is 1540. The lowest BCUT2D eigenvalue weighted by molar-refractivity contribution is -0.0591. The first-order chi connectivity index (χ1) is 16.2. The van der Waals surface area contributed by atoms with Crippen LogP contribution in [0.2, 0.25) is 0 Å². The topological polar surface area (TPSA) is 91.6 Å². The Kier molecular flexibility index (Phi) is 4.12. The van der Waals surface area contributed by atoms with Crippen molar-refractivity contribution in [3.63, 3.8) is 0 Å². The highest BCUT2D eigenvalue weighted by Gasteiger charge is 2.61. The molecule has 172 valence electrons. The summed E-state index contributed by atoms with van der Waals surface area (Å²) in [6.45, 7) is 4.29. The van der Waals surface area contributed by atoms with E-state index in [9.17, 15) is 13.6 Å². The Hall–Kier alpha value is -3.65. The maximum absolute atomic E-state index is 13.5. The normalized spacial score (nSPS) is 24.4. The van der Waals surface area contributed by atoms with Crippen molar-refractivity contribution in [3.05, 3.63) is 89.0 Å². The summed E-state index contributed by atoms with van der Waals surface area (Å²) < 4.78 is 26.9. The minimum atomic E-state index is -3.80. The SMILES string of the molecule is CN1c2ccccc2C(C)(C)C12CC(c1ccc3c(c1)S(=O)(=O)c1ccccc1/C3=N\O)=NO2. The molecule has 8 heteroatoms. The number of fused-ring (bicyclic) bond motifs is 3. The Morgan fingerprint density at radius 2 is 1.71 bits per heavy atom. The molecule has 0 saturated heterocycles. The summed E-state index contributed by atoms with van der Waals surface area (Å²) in [7, 11) is -1.80. The Morgan fingerprint density at radius 1 is 1.00 bits per heavy atom. The summed E-state index contributed by atoms with van der Waals surface area (Å²) in [6, 6.07) is 19.9. The number of nitrogens with zero attached hydrogens (tertiary/aromatic N) is 3. The molecular weight excluding hydrogens is 450 g/mol. The summed E-state index contributed by atoms with van der Waals surface area (Å²) in [5, 5.41) is 17.6. The molecule has 1 spiro atoms. The van der Waals surface area contributed by atoms with Crippen LogP contribution in [0.25, 0.3) is 0 Å². The molecule has 6 rings (SSSR count). The van der Waals surface area contributed by atoms with Gasteiger partial charge in [-0.25, -0.2) is 8.42 Å². The second kappa shape index (κ2) is 6.70. The number of anilines is 1. The van der Waals surface area contributed by atoms with Crippen LogP contribution in [0.5, 0.6) is 0 Å². The van der Waals surface area contributed by atoms with Gasteiger partial charge >= 0.3 is 0 Å². The van der Waals surface area contributed by atoms with Gasteiger partial charge in [-0.15, -0.1) is 0 Å². The van der Waals surface area contributed by atoms with Crippen LogP contribution in [0.3, 0.4) is 0 Å². The van der Waals surface area contributed by atoms with Crippen molar-refractivity contribution in [2.75, 3.05) is 11.9 Å². The van der Waals surface area contributed by atoms with Crippen molar-refractivity contribution in [1.29, 1.82) is 0 Å². The lowest BCUT2D eigenvalue weighted by Crippen LogP contribution is -2.54. The molecule has 1 atom stereocenters. The van der Waals surface area contributed by atoms with Gasteiger partial charge in [0.25, 0.3) is 0 Å². The molecule has 3 aromatic carbocycles. The molecule has 7 nitrogen and oxygen atoms in total. The second-order valence-electron chi connectivity index (χ2n) is 9.45. The Morgan fingerprint density at radius 3 is 2.47 bits per heavy atom. The molecule has 0 aliphatic carbocycles. The second-order valence-corrected chi connectivity index (χ2v) is 11.3. The summed E-state index contributed by atoms with van der Waals surface area (Å²) in [4.78, 5) is 8.52. The summed E-state index contributed by atoms with van der Waals surface area (Å²) in [6.07, 6.45) is 0.488. The van der Waals surface area contributed by atoms with E-state index in [1.165, 1.54) is 11.6 Å². The Balaban J connectivity index is 1.43. The lowest BCUT2D eigenvalue weighted by atomic mass is 9.75. The molecule has 3 aliphatic heterocycles. The predicted octanol–water partition coefficient (Wildman–Crippen LogP) is 4.31. The minimum Gasteiger partial charge on any atom is -0.410 e. The molecular formula is C26H23N3O4S. The van der Waals surface area contributed by atoms with Crippen molar-refractivity contribution in [2.24, 2.45) is 10.3 Å². The Labute approximate surface area is 197 Å². The largest absolute Gasteiger partial charge is 0.410 e. The zero-order valence-electron chi connectivity index (χ0n) is 19.0. The van der Waals surface area contributed by atoms with E-state index in [1.807, 2.05) is 25.2 Å². The first-order valence-corrected chi connectivity index (χ1v) is 12.5. The van der Waals surface area contributed by atoms with E-state index < -0.39 is 15.6 Å². The van der Waals surface area contributed by atoms with Gasteiger partial charge in [-0.3, -0.25) is 0 Å².